The van der Waals surface area contributed by atoms with Crippen molar-refractivity contribution in [3.05, 3.63) is 53.6 Å². The Kier molecular flexibility index (Phi) is 4.17. The molecule has 5 rings (SSSR count). The van der Waals surface area contributed by atoms with Crippen LogP contribution in [0.25, 0.3) is 28.1 Å². The maximum absolute atomic E-state index is 6.23. The molecule has 6 heteroatoms. The number of nitrogens with zero attached hydrogens (tertiary/aromatic N) is 4. The van der Waals surface area contributed by atoms with Gasteiger partial charge in [0.05, 0.1) is 11.0 Å². The van der Waals surface area contributed by atoms with Crippen LogP contribution in [0.1, 0.15) is 32.1 Å². The van der Waals surface area contributed by atoms with Gasteiger partial charge in [-0.3, -0.25) is 0 Å². The normalized spacial score (nSPS) is 15.4. The van der Waals surface area contributed by atoms with Crippen LogP contribution >= 0.6 is 11.6 Å². The van der Waals surface area contributed by atoms with Crippen LogP contribution in [0.15, 0.2) is 48.5 Å². The van der Waals surface area contributed by atoms with E-state index in [1.54, 1.807) is 0 Å². The predicted octanol–water partition coefficient (Wildman–Crippen LogP) is 5.34. The molecule has 0 bridgehead atoms. The summed E-state index contributed by atoms with van der Waals surface area (Å²) in [4.78, 5) is 9.66. The Morgan fingerprint density at radius 2 is 1.78 bits per heavy atom. The number of halogens is 1. The number of nitrogens with one attached hydrogen (secondary N) is 1. The van der Waals surface area contributed by atoms with E-state index in [2.05, 4.69) is 5.32 Å². The summed E-state index contributed by atoms with van der Waals surface area (Å²) < 4.78 is 1.86. The molecule has 1 aliphatic rings. The largest absolute Gasteiger partial charge is 0.364 e. The summed E-state index contributed by atoms with van der Waals surface area (Å²) in [5.74, 6) is 1.49. The van der Waals surface area contributed by atoms with E-state index in [9.17, 15) is 0 Å². The van der Waals surface area contributed by atoms with Crippen LogP contribution in [0.5, 0.6) is 0 Å². The maximum Gasteiger partial charge on any atom is 0.199 e. The molecule has 0 unspecified atom stereocenters. The van der Waals surface area contributed by atoms with Crippen molar-refractivity contribution < 1.29 is 0 Å². The Bertz CT molecular complexity index is 1100. The van der Waals surface area contributed by atoms with E-state index in [0.29, 0.717) is 16.9 Å². The van der Waals surface area contributed by atoms with E-state index in [1.807, 2.05) is 53.0 Å². The Morgan fingerprint density at radius 1 is 0.963 bits per heavy atom. The highest BCUT2D eigenvalue weighted by Gasteiger charge is 2.19. The molecule has 4 aromatic rings. The summed E-state index contributed by atoms with van der Waals surface area (Å²) in [7, 11) is 0. The summed E-state index contributed by atoms with van der Waals surface area (Å²) in [6.45, 7) is 0. The first-order valence-corrected chi connectivity index (χ1v) is 9.84. The average Bonchev–Trinajstić information content (AvgIpc) is 3.16. The fraction of sp³-hybridized carbons (Fsp3) is 0.286. The lowest BCUT2D eigenvalue weighted by Crippen LogP contribution is -2.23. The van der Waals surface area contributed by atoms with Gasteiger partial charge in [0.15, 0.2) is 17.3 Å². The molecule has 1 fully saturated rings. The molecule has 27 heavy (non-hydrogen) atoms. The molecule has 1 saturated carbocycles. The summed E-state index contributed by atoms with van der Waals surface area (Å²) in [6.07, 6.45) is 6.19. The number of hydrogen-bond acceptors (Lipinski definition) is 4. The van der Waals surface area contributed by atoms with E-state index in [-0.39, 0.29) is 0 Å². The standard InChI is InChI=1S/C21H20ClN5/c22-15-11-12-17-18(13-15)27-21(20(24-17)23-16-9-5-2-6-10-16)25-19(26-27)14-7-3-1-4-8-14/h1,3-4,7-8,11-13,16H,2,5-6,9-10H2,(H,23,24). The highest BCUT2D eigenvalue weighted by molar-refractivity contribution is 6.31. The fourth-order valence-corrected chi connectivity index (χ4v) is 3.98. The van der Waals surface area contributed by atoms with Crippen molar-refractivity contribution in [1.29, 1.82) is 0 Å². The second-order valence-corrected chi connectivity index (χ2v) is 7.55. The van der Waals surface area contributed by atoms with E-state index in [1.165, 1.54) is 32.1 Å². The highest BCUT2D eigenvalue weighted by atomic mass is 35.5. The van der Waals surface area contributed by atoms with Gasteiger partial charge in [0.25, 0.3) is 0 Å². The molecular formula is C21H20ClN5. The number of fused-ring (bicyclic) bond motifs is 3. The van der Waals surface area contributed by atoms with Gasteiger partial charge in [-0.25, -0.2) is 14.5 Å². The SMILES string of the molecule is Clc1ccc2nc(NC3CCCCC3)c3nc(-c4ccccc4)nn3c2c1. The fourth-order valence-electron chi connectivity index (χ4n) is 3.81. The minimum Gasteiger partial charge on any atom is -0.364 e. The van der Waals surface area contributed by atoms with E-state index < -0.39 is 0 Å². The van der Waals surface area contributed by atoms with Crippen LogP contribution in [-0.2, 0) is 0 Å². The lowest BCUT2D eigenvalue weighted by molar-refractivity contribution is 0.462. The van der Waals surface area contributed by atoms with Gasteiger partial charge in [-0.05, 0) is 31.0 Å². The van der Waals surface area contributed by atoms with Crippen molar-refractivity contribution in [1.82, 2.24) is 19.6 Å². The number of rotatable bonds is 3. The van der Waals surface area contributed by atoms with Crippen molar-refractivity contribution in [2.24, 2.45) is 0 Å². The quantitative estimate of drug-likeness (QED) is 0.523. The molecule has 1 N–H and O–H groups in total. The van der Waals surface area contributed by atoms with Crippen LogP contribution in [0.3, 0.4) is 0 Å². The molecule has 0 saturated heterocycles. The van der Waals surface area contributed by atoms with Gasteiger partial charge in [0, 0.05) is 16.6 Å². The van der Waals surface area contributed by atoms with Crippen molar-refractivity contribution in [2.75, 3.05) is 5.32 Å². The molecule has 0 radical (unpaired) electrons. The summed E-state index contributed by atoms with van der Waals surface area (Å²) in [5.41, 5.74) is 3.45. The number of hydrogen-bond donors (Lipinski definition) is 1. The zero-order valence-corrected chi connectivity index (χ0v) is 15.7. The molecule has 2 heterocycles. The number of benzene rings is 2. The van der Waals surface area contributed by atoms with Crippen LogP contribution in [-0.4, -0.2) is 25.6 Å². The molecule has 0 atom stereocenters. The highest BCUT2D eigenvalue weighted by Crippen LogP contribution is 2.28. The van der Waals surface area contributed by atoms with Gasteiger partial charge in [-0.15, -0.1) is 5.10 Å². The van der Waals surface area contributed by atoms with E-state index >= 15 is 0 Å². The topological polar surface area (TPSA) is 55.1 Å². The molecular weight excluding hydrogens is 358 g/mol. The zero-order chi connectivity index (χ0) is 18.2. The third-order valence-electron chi connectivity index (χ3n) is 5.19. The Balaban J connectivity index is 1.69. The van der Waals surface area contributed by atoms with Crippen LogP contribution in [0, 0.1) is 0 Å². The van der Waals surface area contributed by atoms with Crippen molar-refractivity contribution >= 4 is 34.1 Å². The third-order valence-corrected chi connectivity index (χ3v) is 5.43. The monoisotopic (exact) mass is 377 g/mol. The summed E-state index contributed by atoms with van der Waals surface area (Å²) >= 11 is 6.23. The first kappa shape index (κ1) is 16.5. The molecule has 136 valence electrons. The predicted molar refractivity (Wildman–Crippen MR) is 109 cm³/mol. The van der Waals surface area contributed by atoms with Gasteiger partial charge in [-0.2, -0.15) is 0 Å². The van der Waals surface area contributed by atoms with Crippen molar-refractivity contribution in [3.63, 3.8) is 0 Å². The first-order chi connectivity index (χ1) is 13.3. The number of aromatic nitrogens is 4. The van der Waals surface area contributed by atoms with Crippen LogP contribution in [0.2, 0.25) is 5.02 Å². The van der Waals surface area contributed by atoms with Gasteiger partial charge in [-0.1, -0.05) is 61.2 Å². The van der Waals surface area contributed by atoms with Crippen molar-refractivity contribution in [3.8, 4) is 11.4 Å². The second-order valence-electron chi connectivity index (χ2n) is 7.11. The smallest absolute Gasteiger partial charge is 0.199 e. The van der Waals surface area contributed by atoms with Crippen LogP contribution < -0.4 is 5.32 Å². The zero-order valence-electron chi connectivity index (χ0n) is 14.9. The van der Waals surface area contributed by atoms with Gasteiger partial charge < -0.3 is 5.32 Å². The minimum atomic E-state index is 0.441. The molecule has 0 aliphatic heterocycles. The van der Waals surface area contributed by atoms with Gasteiger partial charge in [0.2, 0.25) is 0 Å². The molecule has 2 aromatic heterocycles. The molecule has 0 amide bonds. The Hall–Kier alpha value is -2.66. The van der Waals surface area contributed by atoms with Crippen molar-refractivity contribution in [2.45, 2.75) is 38.1 Å². The van der Waals surface area contributed by atoms with Crippen LogP contribution in [0.4, 0.5) is 5.82 Å². The molecule has 0 spiro atoms. The number of anilines is 1. The maximum atomic E-state index is 6.23. The third kappa shape index (κ3) is 3.12. The summed E-state index contributed by atoms with van der Waals surface area (Å²) in [5, 5.41) is 9.06. The average molecular weight is 378 g/mol. The van der Waals surface area contributed by atoms with Gasteiger partial charge >= 0.3 is 0 Å². The molecule has 2 aromatic carbocycles. The lowest BCUT2D eigenvalue weighted by Gasteiger charge is -2.23. The Morgan fingerprint density at radius 3 is 2.59 bits per heavy atom. The van der Waals surface area contributed by atoms with Gasteiger partial charge in [0.1, 0.15) is 0 Å². The molecule has 5 nitrogen and oxygen atoms in total. The lowest BCUT2D eigenvalue weighted by atomic mass is 9.95. The Labute approximate surface area is 162 Å². The first-order valence-electron chi connectivity index (χ1n) is 9.46. The van der Waals surface area contributed by atoms with E-state index in [4.69, 9.17) is 26.7 Å². The van der Waals surface area contributed by atoms with E-state index in [0.717, 1.165) is 28.1 Å². The minimum absolute atomic E-state index is 0.441. The summed E-state index contributed by atoms with van der Waals surface area (Å²) in [6, 6.07) is 16.2. The second kappa shape index (κ2) is 6.82. The molecule has 1 aliphatic carbocycles.